The molecule has 0 bridgehead atoms. The lowest BCUT2D eigenvalue weighted by molar-refractivity contribution is -0.143. The number of ether oxygens (including phenoxy) is 2. The minimum Gasteiger partial charge on any atom is -0.466 e. The van der Waals surface area contributed by atoms with Gasteiger partial charge in [-0.15, -0.1) is 0 Å². The number of alkyl halides is 1. The predicted octanol–water partition coefficient (Wildman–Crippen LogP) is 2.33. The van der Waals surface area contributed by atoms with E-state index in [0.29, 0.717) is 11.4 Å². The Bertz CT molecular complexity index is 746. The molecule has 1 aliphatic heterocycles. The third-order valence-corrected chi connectivity index (χ3v) is 4.03. The smallest absolute Gasteiger partial charge is 0.337 e. The molecule has 0 fully saturated rings. The van der Waals surface area contributed by atoms with Gasteiger partial charge in [0.05, 0.1) is 36.0 Å². The number of aryl methyl sites for hydroxylation is 1. The topological polar surface area (TPSA) is 69.6 Å². The summed E-state index contributed by atoms with van der Waals surface area (Å²) in [5, 5.41) is 2.82. The van der Waals surface area contributed by atoms with Crippen molar-refractivity contribution in [3.05, 3.63) is 46.6 Å². The number of rotatable bonds is 5. The van der Waals surface area contributed by atoms with Crippen molar-refractivity contribution in [2.24, 2.45) is 7.05 Å². The third-order valence-electron chi connectivity index (χ3n) is 4.03. The molecule has 0 saturated carbocycles. The van der Waals surface area contributed by atoms with Crippen molar-refractivity contribution < 1.29 is 23.5 Å². The third kappa shape index (κ3) is 3.60. The highest BCUT2D eigenvalue weighted by atomic mass is 19.1. The number of hydrogen-bond acceptors (Lipinski definition) is 5. The molecule has 1 aliphatic rings. The lowest BCUT2D eigenvalue weighted by Gasteiger charge is -2.31. The Labute approximate surface area is 146 Å². The molecular formula is C18H23FN2O4. The molecule has 0 radical (unpaired) electrons. The highest BCUT2D eigenvalue weighted by Crippen LogP contribution is 2.39. The first-order valence-electron chi connectivity index (χ1n) is 7.99. The SMILES string of the molecule is COC(=O)C1=C(CF)NC(C)=C(C(=O)OC(C)C)C1c1cccn1C. The van der Waals surface area contributed by atoms with E-state index in [1.165, 1.54) is 7.11 Å². The minimum absolute atomic E-state index is 0.0770. The summed E-state index contributed by atoms with van der Waals surface area (Å²) in [5.74, 6) is -2.01. The Morgan fingerprint density at radius 3 is 2.48 bits per heavy atom. The van der Waals surface area contributed by atoms with Crippen LogP contribution in [0.4, 0.5) is 4.39 Å². The summed E-state index contributed by atoms with van der Waals surface area (Å²) in [6.07, 6.45) is 1.47. The van der Waals surface area contributed by atoms with Gasteiger partial charge in [0, 0.05) is 24.6 Å². The van der Waals surface area contributed by atoms with E-state index >= 15 is 0 Å². The number of carbonyl (C=O) groups is 2. The van der Waals surface area contributed by atoms with Crippen LogP contribution in [0.3, 0.4) is 0 Å². The Balaban J connectivity index is 2.67. The van der Waals surface area contributed by atoms with Gasteiger partial charge in [0.15, 0.2) is 0 Å². The van der Waals surface area contributed by atoms with Crippen LogP contribution >= 0.6 is 0 Å². The van der Waals surface area contributed by atoms with Crippen molar-refractivity contribution in [1.82, 2.24) is 9.88 Å². The van der Waals surface area contributed by atoms with Crippen LogP contribution in [0, 0.1) is 0 Å². The quantitative estimate of drug-likeness (QED) is 0.826. The fourth-order valence-corrected chi connectivity index (χ4v) is 2.97. The number of dihydropyridines is 1. The zero-order valence-corrected chi connectivity index (χ0v) is 15.1. The molecule has 25 heavy (non-hydrogen) atoms. The largest absolute Gasteiger partial charge is 0.466 e. The molecule has 0 spiro atoms. The maximum Gasteiger partial charge on any atom is 0.337 e. The summed E-state index contributed by atoms with van der Waals surface area (Å²) < 4.78 is 25.6. The normalized spacial score (nSPS) is 17.6. The van der Waals surface area contributed by atoms with Gasteiger partial charge in [0.25, 0.3) is 0 Å². The van der Waals surface area contributed by atoms with Crippen molar-refractivity contribution in [3.63, 3.8) is 0 Å². The average molecular weight is 350 g/mol. The van der Waals surface area contributed by atoms with E-state index in [1.54, 1.807) is 50.7 Å². The second kappa shape index (κ2) is 7.55. The molecule has 0 amide bonds. The lowest BCUT2D eigenvalue weighted by atomic mass is 9.83. The van der Waals surface area contributed by atoms with Crippen molar-refractivity contribution in [1.29, 1.82) is 0 Å². The molecule has 136 valence electrons. The Hall–Kier alpha value is -2.57. The Morgan fingerprint density at radius 2 is 2.00 bits per heavy atom. The van der Waals surface area contributed by atoms with E-state index in [9.17, 15) is 14.0 Å². The second-order valence-electron chi connectivity index (χ2n) is 6.11. The molecule has 1 atom stereocenters. The van der Waals surface area contributed by atoms with Crippen molar-refractivity contribution in [2.45, 2.75) is 32.8 Å². The van der Waals surface area contributed by atoms with Crippen LogP contribution < -0.4 is 5.32 Å². The van der Waals surface area contributed by atoms with Crippen LogP contribution in [0.2, 0.25) is 0 Å². The Kier molecular flexibility index (Phi) is 5.66. The first-order valence-corrected chi connectivity index (χ1v) is 7.99. The van der Waals surface area contributed by atoms with E-state index in [2.05, 4.69) is 5.32 Å². The standard InChI is InChI=1S/C18H23FN2O4/c1-10(2)25-18(23)14-11(3)20-12(9-19)15(17(22)24-5)16(14)13-7-6-8-21(13)4/h6-8,10,16,20H,9H2,1-5H3. The summed E-state index contributed by atoms with van der Waals surface area (Å²) >= 11 is 0. The highest BCUT2D eigenvalue weighted by molar-refractivity contribution is 5.99. The molecule has 1 aromatic rings. The molecule has 1 unspecified atom stereocenters. The minimum atomic E-state index is -0.880. The molecule has 2 rings (SSSR count). The van der Waals surface area contributed by atoms with Gasteiger partial charge in [-0.05, 0) is 32.9 Å². The van der Waals surface area contributed by atoms with Gasteiger partial charge in [0.1, 0.15) is 6.67 Å². The second-order valence-corrected chi connectivity index (χ2v) is 6.11. The maximum absolute atomic E-state index is 13.6. The summed E-state index contributed by atoms with van der Waals surface area (Å²) in [6.45, 7) is 4.27. The molecule has 6 nitrogen and oxygen atoms in total. The fraction of sp³-hybridized carbons (Fsp3) is 0.444. The van der Waals surface area contributed by atoms with Crippen molar-refractivity contribution >= 4 is 11.9 Å². The number of nitrogens with one attached hydrogen (secondary N) is 1. The van der Waals surface area contributed by atoms with Gasteiger partial charge in [-0.25, -0.2) is 14.0 Å². The van der Waals surface area contributed by atoms with Crippen LogP contribution in [0.5, 0.6) is 0 Å². The molecule has 1 aromatic heterocycles. The summed E-state index contributed by atoms with van der Waals surface area (Å²) in [4.78, 5) is 25.1. The van der Waals surface area contributed by atoms with Gasteiger partial charge in [0.2, 0.25) is 0 Å². The van der Waals surface area contributed by atoms with E-state index in [4.69, 9.17) is 9.47 Å². The van der Waals surface area contributed by atoms with Gasteiger partial charge >= 0.3 is 11.9 Å². The van der Waals surface area contributed by atoms with E-state index < -0.39 is 24.5 Å². The van der Waals surface area contributed by atoms with Crippen LogP contribution in [0.25, 0.3) is 0 Å². The average Bonchev–Trinajstić information content (AvgIpc) is 2.97. The summed E-state index contributed by atoms with van der Waals surface area (Å²) in [6, 6.07) is 3.58. The number of hydrogen-bond donors (Lipinski definition) is 1. The zero-order valence-electron chi connectivity index (χ0n) is 15.1. The molecular weight excluding hydrogens is 327 g/mol. The molecule has 0 aromatic carbocycles. The number of methoxy groups -OCH3 is 1. The molecule has 1 N–H and O–H groups in total. The van der Waals surface area contributed by atoms with Crippen LogP contribution in [0.15, 0.2) is 40.9 Å². The monoisotopic (exact) mass is 350 g/mol. The van der Waals surface area contributed by atoms with Gasteiger partial charge in [-0.1, -0.05) is 0 Å². The zero-order chi connectivity index (χ0) is 18.7. The van der Waals surface area contributed by atoms with E-state index in [0.717, 1.165) is 0 Å². The first-order chi connectivity index (χ1) is 11.8. The number of aromatic nitrogens is 1. The molecule has 0 saturated heterocycles. The van der Waals surface area contributed by atoms with Crippen LogP contribution in [-0.4, -0.2) is 36.4 Å². The number of halogens is 1. The number of nitrogens with zero attached hydrogens (tertiary/aromatic N) is 1. The summed E-state index contributed by atoms with van der Waals surface area (Å²) in [7, 11) is 3.02. The molecule has 2 heterocycles. The van der Waals surface area contributed by atoms with Crippen LogP contribution in [-0.2, 0) is 26.1 Å². The van der Waals surface area contributed by atoms with E-state index in [-0.39, 0.29) is 22.9 Å². The van der Waals surface area contributed by atoms with Gasteiger partial charge in [-0.3, -0.25) is 0 Å². The van der Waals surface area contributed by atoms with Gasteiger partial charge < -0.3 is 19.4 Å². The fourth-order valence-electron chi connectivity index (χ4n) is 2.97. The highest BCUT2D eigenvalue weighted by Gasteiger charge is 2.40. The number of carbonyl (C=O) groups excluding carboxylic acids is 2. The number of esters is 2. The van der Waals surface area contributed by atoms with Crippen molar-refractivity contribution in [3.8, 4) is 0 Å². The Morgan fingerprint density at radius 1 is 1.32 bits per heavy atom. The lowest BCUT2D eigenvalue weighted by Crippen LogP contribution is -2.35. The molecule has 7 heteroatoms. The van der Waals surface area contributed by atoms with Gasteiger partial charge in [-0.2, -0.15) is 0 Å². The first kappa shape index (κ1) is 18.8. The number of allylic oxidation sites excluding steroid dienone is 2. The van der Waals surface area contributed by atoms with Crippen LogP contribution in [0.1, 0.15) is 32.4 Å². The predicted molar refractivity (Wildman–Crippen MR) is 90.2 cm³/mol. The molecule has 0 aliphatic carbocycles. The summed E-state index contributed by atoms with van der Waals surface area (Å²) in [5.41, 5.74) is 1.57. The van der Waals surface area contributed by atoms with E-state index in [1.807, 2.05) is 0 Å². The van der Waals surface area contributed by atoms with Crippen molar-refractivity contribution in [2.75, 3.05) is 13.8 Å². The maximum atomic E-state index is 13.6.